The molecule has 1 amide bonds. The molecule has 1 heterocycles. The third-order valence-electron chi connectivity index (χ3n) is 4.77. The highest BCUT2D eigenvalue weighted by Gasteiger charge is 2.28. The first kappa shape index (κ1) is 21.2. The third kappa shape index (κ3) is 6.51. The molecule has 5 heteroatoms. The van der Waals surface area contributed by atoms with Crippen molar-refractivity contribution in [1.82, 2.24) is 4.90 Å². The van der Waals surface area contributed by atoms with E-state index in [1.165, 1.54) is 7.11 Å². The number of rotatable bonds is 7. The van der Waals surface area contributed by atoms with Crippen LogP contribution >= 0.6 is 0 Å². The largest absolute Gasteiger partial charge is 0.465 e. The second kappa shape index (κ2) is 9.18. The number of methoxy groups -OCH3 is 1. The molecule has 0 spiro atoms. The van der Waals surface area contributed by atoms with E-state index in [1.54, 1.807) is 12.1 Å². The highest BCUT2D eigenvalue weighted by Crippen LogP contribution is 2.24. The van der Waals surface area contributed by atoms with Gasteiger partial charge in [-0.3, -0.25) is 4.79 Å². The number of amides is 1. The molecule has 1 saturated heterocycles. The van der Waals surface area contributed by atoms with E-state index in [0.29, 0.717) is 24.9 Å². The molecule has 2 atom stereocenters. The number of aliphatic hydroxyl groups is 1. The van der Waals surface area contributed by atoms with Gasteiger partial charge in [-0.25, -0.2) is 4.79 Å². The SMILES string of the molecule is COC(=O)c1ccc(CCN2C(=O)CCC2C=CC(O)CC(C)(C)C)cc1. The molecule has 1 aromatic carbocycles. The zero-order valence-corrected chi connectivity index (χ0v) is 16.8. The minimum absolute atomic E-state index is 0.0430. The third-order valence-corrected chi connectivity index (χ3v) is 4.77. The van der Waals surface area contributed by atoms with E-state index in [1.807, 2.05) is 29.2 Å². The van der Waals surface area contributed by atoms with Gasteiger partial charge in [-0.15, -0.1) is 0 Å². The smallest absolute Gasteiger partial charge is 0.337 e. The Kier molecular flexibility index (Phi) is 7.19. The zero-order chi connectivity index (χ0) is 20.0. The molecule has 0 aromatic heterocycles. The van der Waals surface area contributed by atoms with Gasteiger partial charge in [0.15, 0.2) is 0 Å². The van der Waals surface area contributed by atoms with Crippen molar-refractivity contribution in [2.75, 3.05) is 13.7 Å². The standard InChI is InChI=1S/C22H31NO4/c1-22(2,3)15-19(24)11-9-18-10-12-20(25)23(18)14-13-16-5-7-17(8-6-16)21(26)27-4/h5-9,11,18-19,24H,10,12-15H2,1-4H3. The fraction of sp³-hybridized carbons (Fsp3) is 0.545. The molecule has 2 rings (SSSR count). The number of carbonyl (C=O) groups excluding carboxylic acids is 2. The Balaban J connectivity index is 1.93. The van der Waals surface area contributed by atoms with Gasteiger partial charge in [0.05, 0.1) is 24.8 Å². The van der Waals surface area contributed by atoms with Crippen LogP contribution in [0, 0.1) is 5.41 Å². The summed E-state index contributed by atoms with van der Waals surface area (Å²) in [4.78, 5) is 25.6. The molecule has 0 radical (unpaired) electrons. The molecule has 148 valence electrons. The van der Waals surface area contributed by atoms with Gasteiger partial charge in [-0.2, -0.15) is 0 Å². The number of likely N-dealkylation sites (tertiary alicyclic amines) is 1. The molecule has 1 N–H and O–H groups in total. The number of hydrogen-bond acceptors (Lipinski definition) is 4. The van der Waals surface area contributed by atoms with Crippen molar-refractivity contribution in [2.24, 2.45) is 5.41 Å². The molecule has 5 nitrogen and oxygen atoms in total. The number of aliphatic hydroxyl groups excluding tert-OH is 1. The van der Waals surface area contributed by atoms with Crippen LogP contribution in [0.25, 0.3) is 0 Å². The van der Waals surface area contributed by atoms with Crippen molar-refractivity contribution in [2.45, 2.75) is 58.6 Å². The van der Waals surface area contributed by atoms with Gasteiger partial charge in [-0.1, -0.05) is 45.1 Å². The van der Waals surface area contributed by atoms with E-state index in [9.17, 15) is 14.7 Å². The number of carbonyl (C=O) groups is 2. The second-order valence-corrected chi connectivity index (χ2v) is 8.35. The normalized spacial score (nSPS) is 18.9. The topological polar surface area (TPSA) is 66.8 Å². The summed E-state index contributed by atoms with van der Waals surface area (Å²) in [6.07, 6.45) is 6.06. The highest BCUT2D eigenvalue weighted by atomic mass is 16.5. The van der Waals surface area contributed by atoms with Crippen LogP contribution in [-0.4, -0.2) is 47.7 Å². The molecule has 2 unspecified atom stereocenters. The lowest BCUT2D eigenvalue weighted by atomic mass is 9.89. The summed E-state index contributed by atoms with van der Waals surface area (Å²) in [6, 6.07) is 7.32. The Morgan fingerprint density at radius 2 is 2.00 bits per heavy atom. The molecule has 0 bridgehead atoms. The molecule has 1 fully saturated rings. The Labute approximate surface area is 162 Å². The monoisotopic (exact) mass is 373 g/mol. The van der Waals surface area contributed by atoms with Gasteiger partial charge in [-0.05, 0) is 42.4 Å². The summed E-state index contributed by atoms with van der Waals surface area (Å²) < 4.78 is 4.70. The van der Waals surface area contributed by atoms with Crippen LogP contribution in [0.4, 0.5) is 0 Å². The van der Waals surface area contributed by atoms with Crippen LogP contribution in [-0.2, 0) is 16.0 Å². The Bertz CT molecular complexity index is 673. The average molecular weight is 373 g/mol. The fourth-order valence-electron chi connectivity index (χ4n) is 3.37. The molecular weight excluding hydrogens is 342 g/mol. The average Bonchev–Trinajstić information content (AvgIpc) is 2.96. The Morgan fingerprint density at radius 1 is 1.33 bits per heavy atom. The number of benzene rings is 1. The van der Waals surface area contributed by atoms with Crippen LogP contribution < -0.4 is 0 Å². The van der Waals surface area contributed by atoms with E-state index in [0.717, 1.165) is 18.4 Å². The Hall–Kier alpha value is -2.14. The van der Waals surface area contributed by atoms with Gasteiger partial charge in [0, 0.05) is 13.0 Å². The minimum atomic E-state index is -0.492. The van der Waals surface area contributed by atoms with Gasteiger partial charge < -0.3 is 14.7 Å². The van der Waals surface area contributed by atoms with E-state index < -0.39 is 6.10 Å². The predicted octanol–water partition coefficient (Wildman–Crippen LogP) is 3.36. The van der Waals surface area contributed by atoms with Crippen molar-refractivity contribution in [3.05, 3.63) is 47.5 Å². The van der Waals surface area contributed by atoms with Crippen molar-refractivity contribution in [3.63, 3.8) is 0 Å². The lowest BCUT2D eigenvalue weighted by Crippen LogP contribution is -2.33. The summed E-state index contributed by atoms with van der Waals surface area (Å²) in [6.45, 7) is 6.92. The number of hydrogen-bond donors (Lipinski definition) is 1. The molecule has 0 saturated carbocycles. The van der Waals surface area contributed by atoms with Gasteiger partial charge >= 0.3 is 5.97 Å². The molecule has 0 aliphatic carbocycles. The van der Waals surface area contributed by atoms with Crippen LogP contribution in [0.5, 0.6) is 0 Å². The number of nitrogens with zero attached hydrogens (tertiary/aromatic N) is 1. The van der Waals surface area contributed by atoms with Crippen molar-refractivity contribution < 1.29 is 19.4 Å². The lowest BCUT2D eigenvalue weighted by molar-refractivity contribution is -0.128. The van der Waals surface area contributed by atoms with Crippen molar-refractivity contribution >= 4 is 11.9 Å². The first-order chi connectivity index (χ1) is 12.7. The summed E-state index contributed by atoms with van der Waals surface area (Å²) in [5, 5.41) is 10.2. The minimum Gasteiger partial charge on any atom is -0.465 e. The van der Waals surface area contributed by atoms with Crippen LogP contribution in [0.3, 0.4) is 0 Å². The van der Waals surface area contributed by atoms with Gasteiger partial charge in [0.1, 0.15) is 0 Å². The second-order valence-electron chi connectivity index (χ2n) is 8.35. The zero-order valence-electron chi connectivity index (χ0n) is 16.8. The Morgan fingerprint density at radius 3 is 2.59 bits per heavy atom. The maximum absolute atomic E-state index is 12.2. The quantitative estimate of drug-likeness (QED) is 0.588. The first-order valence-electron chi connectivity index (χ1n) is 9.53. The molecule has 1 aliphatic rings. The maximum Gasteiger partial charge on any atom is 0.337 e. The summed E-state index contributed by atoms with van der Waals surface area (Å²) in [5.41, 5.74) is 1.65. The maximum atomic E-state index is 12.2. The van der Waals surface area contributed by atoms with Crippen LogP contribution in [0.1, 0.15) is 56.0 Å². The van der Waals surface area contributed by atoms with E-state index in [4.69, 9.17) is 4.74 Å². The van der Waals surface area contributed by atoms with Crippen LogP contribution in [0.15, 0.2) is 36.4 Å². The molecule has 1 aliphatic heterocycles. The van der Waals surface area contributed by atoms with Gasteiger partial charge in [0.2, 0.25) is 5.91 Å². The lowest BCUT2D eigenvalue weighted by Gasteiger charge is -2.24. The van der Waals surface area contributed by atoms with Crippen molar-refractivity contribution in [1.29, 1.82) is 0 Å². The number of esters is 1. The van der Waals surface area contributed by atoms with E-state index in [-0.39, 0.29) is 23.3 Å². The summed E-state index contributed by atoms with van der Waals surface area (Å²) >= 11 is 0. The van der Waals surface area contributed by atoms with E-state index in [2.05, 4.69) is 20.8 Å². The first-order valence-corrected chi connectivity index (χ1v) is 9.53. The molecule has 27 heavy (non-hydrogen) atoms. The van der Waals surface area contributed by atoms with Gasteiger partial charge in [0.25, 0.3) is 0 Å². The van der Waals surface area contributed by atoms with E-state index >= 15 is 0 Å². The number of ether oxygens (including phenoxy) is 1. The van der Waals surface area contributed by atoms with Crippen LogP contribution in [0.2, 0.25) is 0 Å². The molecular formula is C22H31NO4. The summed E-state index contributed by atoms with van der Waals surface area (Å²) in [5.74, 6) is -0.198. The fourth-order valence-corrected chi connectivity index (χ4v) is 3.37. The highest BCUT2D eigenvalue weighted by molar-refractivity contribution is 5.89. The molecule has 1 aromatic rings. The van der Waals surface area contributed by atoms with Crippen molar-refractivity contribution in [3.8, 4) is 0 Å². The summed E-state index contributed by atoms with van der Waals surface area (Å²) in [7, 11) is 1.36. The predicted molar refractivity (Wildman–Crippen MR) is 105 cm³/mol.